The Balaban J connectivity index is 1.31. The van der Waals surface area contributed by atoms with Gasteiger partial charge in [0.05, 0.1) is 17.2 Å². The van der Waals surface area contributed by atoms with Crippen LogP contribution in [0.4, 0.5) is 10.5 Å². The van der Waals surface area contributed by atoms with Gasteiger partial charge in [0.25, 0.3) is 0 Å². The molecule has 2 aliphatic heterocycles. The Morgan fingerprint density at radius 1 is 1.03 bits per heavy atom. The first-order valence-electron chi connectivity index (χ1n) is 13.1. The average molecular weight is 534 g/mol. The van der Waals surface area contributed by atoms with E-state index in [1.165, 1.54) is 45.2 Å². The van der Waals surface area contributed by atoms with E-state index in [9.17, 15) is 4.79 Å². The van der Waals surface area contributed by atoms with Crippen molar-refractivity contribution in [2.24, 2.45) is 0 Å². The van der Waals surface area contributed by atoms with Crippen LogP contribution in [0.25, 0.3) is 0 Å². The zero-order chi connectivity index (χ0) is 25.3. The Bertz CT molecular complexity index is 991. The number of rotatable bonds is 9. The van der Waals surface area contributed by atoms with Crippen LogP contribution in [-0.2, 0) is 0 Å². The molecular formula is C28H38Cl2N4O2. The number of likely N-dealkylation sites (tertiary alicyclic amines) is 2. The normalized spacial score (nSPS) is 18.5. The van der Waals surface area contributed by atoms with Gasteiger partial charge in [-0.15, -0.1) is 0 Å². The maximum atomic E-state index is 12.6. The van der Waals surface area contributed by atoms with Crippen molar-refractivity contribution >= 4 is 34.9 Å². The number of methoxy groups -OCH3 is 1. The SMILES string of the molecule is COc1cccc(NC(=O)NCC(CCN2CCC(N3CCCCC3)CC2)c2ccc(Cl)c(Cl)c2)c1. The molecule has 0 radical (unpaired) electrons. The highest BCUT2D eigenvalue weighted by atomic mass is 35.5. The van der Waals surface area contributed by atoms with Gasteiger partial charge in [-0.05, 0) is 94.7 Å². The van der Waals surface area contributed by atoms with Gasteiger partial charge >= 0.3 is 6.03 Å². The summed E-state index contributed by atoms with van der Waals surface area (Å²) in [6.45, 7) is 6.33. The lowest BCUT2D eigenvalue weighted by Gasteiger charge is -2.40. The van der Waals surface area contributed by atoms with Gasteiger partial charge in [0, 0.05) is 30.3 Å². The summed E-state index contributed by atoms with van der Waals surface area (Å²) in [5, 5.41) is 7.03. The minimum absolute atomic E-state index is 0.135. The number of carbonyl (C=O) groups is 1. The van der Waals surface area contributed by atoms with E-state index in [0.717, 1.165) is 37.7 Å². The lowest BCUT2D eigenvalue weighted by Crippen LogP contribution is -2.47. The monoisotopic (exact) mass is 532 g/mol. The van der Waals surface area contributed by atoms with E-state index < -0.39 is 0 Å². The van der Waals surface area contributed by atoms with E-state index >= 15 is 0 Å². The molecule has 2 fully saturated rings. The first kappa shape index (κ1) is 27.1. The molecule has 2 heterocycles. The van der Waals surface area contributed by atoms with Crippen molar-refractivity contribution in [2.75, 3.05) is 51.7 Å². The number of hydrogen-bond donors (Lipinski definition) is 2. The molecule has 36 heavy (non-hydrogen) atoms. The van der Waals surface area contributed by atoms with Gasteiger partial charge in [-0.25, -0.2) is 4.79 Å². The van der Waals surface area contributed by atoms with Gasteiger partial charge in [0.2, 0.25) is 0 Å². The molecule has 2 saturated heterocycles. The predicted octanol–water partition coefficient (Wildman–Crippen LogP) is 6.25. The summed E-state index contributed by atoms with van der Waals surface area (Å²) in [7, 11) is 1.61. The minimum Gasteiger partial charge on any atom is -0.497 e. The molecule has 2 aromatic rings. The van der Waals surface area contributed by atoms with E-state index in [-0.39, 0.29) is 11.9 Å². The van der Waals surface area contributed by atoms with Crippen LogP contribution < -0.4 is 15.4 Å². The van der Waals surface area contributed by atoms with Gasteiger partial charge in [0.1, 0.15) is 5.75 Å². The number of nitrogens with one attached hydrogen (secondary N) is 2. The molecule has 0 aromatic heterocycles. The third-order valence-corrected chi connectivity index (χ3v) is 8.25. The second kappa shape index (κ2) is 13.5. The van der Waals surface area contributed by atoms with Crippen LogP contribution >= 0.6 is 23.2 Å². The second-order valence-electron chi connectivity index (χ2n) is 9.90. The van der Waals surface area contributed by atoms with Crippen molar-refractivity contribution in [3.63, 3.8) is 0 Å². The maximum Gasteiger partial charge on any atom is 0.319 e. The third-order valence-electron chi connectivity index (χ3n) is 7.51. The maximum absolute atomic E-state index is 12.6. The van der Waals surface area contributed by atoms with E-state index in [1.807, 2.05) is 36.4 Å². The molecule has 0 bridgehead atoms. The Morgan fingerprint density at radius 3 is 2.53 bits per heavy atom. The summed E-state index contributed by atoms with van der Waals surface area (Å²) in [6.07, 6.45) is 7.52. The lowest BCUT2D eigenvalue weighted by atomic mass is 9.94. The number of nitrogens with zero attached hydrogens (tertiary/aromatic N) is 2. The van der Waals surface area contributed by atoms with Gasteiger partial charge in [-0.1, -0.05) is 41.8 Å². The lowest BCUT2D eigenvalue weighted by molar-refractivity contribution is 0.0912. The predicted molar refractivity (Wildman–Crippen MR) is 149 cm³/mol. The first-order valence-corrected chi connectivity index (χ1v) is 13.9. The van der Waals surface area contributed by atoms with Crippen LogP contribution in [0.2, 0.25) is 10.0 Å². The van der Waals surface area contributed by atoms with Crippen molar-refractivity contribution < 1.29 is 9.53 Å². The largest absolute Gasteiger partial charge is 0.497 e. The highest BCUT2D eigenvalue weighted by Gasteiger charge is 2.26. The van der Waals surface area contributed by atoms with Crippen LogP contribution in [0.15, 0.2) is 42.5 Å². The van der Waals surface area contributed by atoms with Gasteiger partial charge in [-0.2, -0.15) is 0 Å². The molecule has 2 N–H and O–H groups in total. The molecule has 4 rings (SSSR count). The summed E-state index contributed by atoms with van der Waals surface area (Å²) >= 11 is 12.5. The quantitative estimate of drug-likeness (QED) is 0.400. The van der Waals surface area contributed by atoms with Gasteiger partial charge < -0.3 is 25.2 Å². The Hall–Kier alpha value is -1.99. The summed E-state index contributed by atoms with van der Waals surface area (Å²) in [5.41, 5.74) is 1.78. The zero-order valence-electron chi connectivity index (χ0n) is 21.1. The standard InChI is InChI=1S/C28H38Cl2N4O2/c1-36-25-7-5-6-23(19-25)32-28(35)31-20-22(21-8-9-26(29)27(30)18-21)10-15-33-16-11-24(12-17-33)34-13-3-2-4-14-34/h5-9,18-19,22,24H,2-4,10-17,20H2,1H3,(H2,31,32,35). The van der Waals surface area contributed by atoms with Crippen LogP contribution in [0, 0.1) is 0 Å². The van der Waals surface area contributed by atoms with E-state index in [0.29, 0.717) is 28.0 Å². The molecular weight excluding hydrogens is 495 g/mol. The fraction of sp³-hybridized carbons (Fsp3) is 0.536. The Labute approximate surface area is 225 Å². The molecule has 2 aromatic carbocycles. The molecule has 2 aliphatic rings. The number of urea groups is 1. The molecule has 2 amide bonds. The number of piperidine rings is 2. The number of halogens is 2. The number of amides is 2. The number of benzene rings is 2. The van der Waals surface area contributed by atoms with E-state index in [4.69, 9.17) is 27.9 Å². The summed E-state index contributed by atoms with van der Waals surface area (Å²) in [4.78, 5) is 17.9. The van der Waals surface area contributed by atoms with E-state index in [1.54, 1.807) is 13.2 Å². The molecule has 1 atom stereocenters. The van der Waals surface area contributed by atoms with Crippen LogP contribution in [0.3, 0.4) is 0 Å². The van der Waals surface area contributed by atoms with E-state index in [2.05, 4.69) is 20.4 Å². The van der Waals surface area contributed by atoms with Crippen molar-refractivity contribution in [3.05, 3.63) is 58.1 Å². The summed E-state index contributed by atoms with van der Waals surface area (Å²) in [5.74, 6) is 0.834. The summed E-state index contributed by atoms with van der Waals surface area (Å²) in [6, 6.07) is 13.6. The average Bonchev–Trinajstić information content (AvgIpc) is 2.91. The molecule has 6 nitrogen and oxygen atoms in total. The Morgan fingerprint density at radius 2 is 1.81 bits per heavy atom. The van der Waals surface area contributed by atoms with Crippen LogP contribution in [0.1, 0.15) is 50.0 Å². The van der Waals surface area contributed by atoms with Gasteiger partial charge in [0.15, 0.2) is 0 Å². The summed E-state index contributed by atoms with van der Waals surface area (Å²) < 4.78 is 5.24. The zero-order valence-corrected chi connectivity index (χ0v) is 22.7. The first-order chi connectivity index (χ1) is 17.5. The smallest absolute Gasteiger partial charge is 0.319 e. The van der Waals surface area contributed by atoms with Crippen molar-refractivity contribution in [2.45, 2.75) is 50.5 Å². The van der Waals surface area contributed by atoms with Crippen molar-refractivity contribution in [1.82, 2.24) is 15.1 Å². The highest BCUT2D eigenvalue weighted by molar-refractivity contribution is 6.42. The van der Waals surface area contributed by atoms with Crippen LogP contribution in [-0.4, -0.2) is 68.3 Å². The minimum atomic E-state index is -0.240. The third kappa shape index (κ3) is 7.75. The molecule has 196 valence electrons. The van der Waals surface area contributed by atoms with Gasteiger partial charge in [-0.3, -0.25) is 0 Å². The number of anilines is 1. The molecule has 0 aliphatic carbocycles. The fourth-order valence-electron chi connectivity index (χ4n) is 5.37. The molecule has 8 heteroatoms. The van der Waals surface area contributed by atoms with Crippen molar-refractivity contribution in [3.8, 4) is 5.75 Å². The number of hydrogen-bond acceptors (Lipinski definition) is 4. The molecule has 1 unspecified atom stereocenters. The molecule has 0 saturated carbocycles. The van der Waals surface area contributed by atoms with Crippen LogP contribution in [0.5, 0.6) is 5.75 Å². The molecule has 0 spiro atoms. The Kier molecular flexibility index (Phi) is 10.2. The number of ether oxygens (including phenoxy) is 1. The highest BCUT2D eigenvalue weighted by Crippen LogP contribution is 2.29. The second-order valence-corrected chi connectivity index (χ2v) is 10.7. The van der Waals surface area contributed by atoms with Crippen molar-refractivity contribution in [1.29, 1.82) is 0 Å². The fourth-order valence-corrected chi connectivity index (χ4v) is 5.68. The number of carbonyl (C=O) groups excluding carboxylic acids is 1. The topological polar surface area (TPSA) is 56.8 Å².